The highest BCUT2D eigenvalue weighted by Gasteiger charge is 2.25. The molecular weight excluding hydrogens is 421 g/mol. The molecule has 8 heteroatoms. The van der Waals surface area contributed by atoms with E-state index in [-0.39, 0.29) is 22.6 Å². The molecule has 0 aliphatic carbocycles. The lowest BCUT2D eigenvalue weighted by molar-refractivity contribution is -0.126. The Kier molecular flexibility index (Phi) is 7.18. The van der Waals surface area contributed by atoms with Gasteiger partial charge in [0, 0.05) is 28.7 Å². The minimum atomic E-state index is -0.153. The Hall–Kier alpha value is -1.79. The number of benzene rings is 2. The maximum atomic E-state index is 12.5. The number of piperidine rings is 1. The molecule has 148 valence electrons. The van der Waals surface area contributed by atoms with E-state index >= 15 is 0 Å². The smallest absolute Gasteiger partial charge is 0.244 e. The normalized spacial score (nSPS) is 17.8. The zero-order chi connectivity index (χ0) is 20.1. The molecule has 1 atom stereocenters. The largest absolute Gasteiger partial charge is 0.506 e. The highest BCUT2D eigenvalue weighted by Crippen LogP contribution is 2.30. The molecule has 28 heavy (non-hydrogen) atoms. The molecule has 0 radical (unpaired) electrons. The average molecular weight is 441 g/mol. The van der Waals surface area contributed by atoms with Crippen LogP contribution in [0.1, 0.15) is 24.0 Å². The molecule has 1 heterocycles. The van der Waals surface area contributed by atoms with Crippen molar-refractivity contribution in [3.8, 4) is 5.75 Å². The summed E-state index contributed by atoms with van der Waals surface area (Å²) in [6.07, 6.45) is 3.08. The summed E-state index contributed by atoms with van der Waals surface area (Å²) in [5.41, 5.74) is 4.01. The summed E-state index contributed by atoms with van der Waals surface area (Å²) in [5.74, 6) is -0.435. The lowest BCUT2D eigenvalue weighted by Gasteiger charge is -2.31. The number of hydrazone groups is 1. The zero-order valence-corrected chi connectivity index (χ0v) is 17.3. The molecule has 2 aromatic carbocycles. The lowest BCUT2D eigenvalue weighted by atomic mass is 9.97. The second-order valence-electron chi connectivity index (χ2n) is 6.76. The number of phenols is 1. The van der Waals surface area contributed by atoms with Crippen LogP contribution in [0.15, 0.2) is 41.5 Å². The summed E-state index contributed by atoms with van der Waals surface area (Å²) < 4.78 is 0. The van der Waals surface area contributed by atoms with Crippen molar-refractivity contribution in [3.63, 3.8) is 0 Å². The summed E-state index contributed by atoms with van der Waals surface area (Å²) in [6, 6.07) is 10.7. The first-order valence-electron chi connectivity index (χ1n) is 8.90. The van der Waals surface area contributed by atoms with Crippen LogP contribution in [0.4, 0.5) is 0 Å². The number of carbonyl (C=O) groups excluding carboxylic acids is 1. The van der Waals surface area contributed by atoms with Gasteiger partial charge in [0.15, 0.2) is 0 Å². The van der Waals surface area contributed by atoms with Crippen molar-refractivity contribution in [2.75, 3.05) is 13.1 Å². The first-order valence-corrected chi connectivity index (χ1v) is 10.0. The number of carbonyl (C=O) groups is 1. The Balaban J connectivity index is 1.57. The van der Waals surface area contributed by atoms with Gasteiger partial charge < -0.3 is 5.11 Å². The predicted octanol–water partition coefficient (Wildman–Crippen LogP) is 4.71. The molecule has 0 aromatic heterocycles. The maximum Gasteiger partial charge on any atom is 0.244 e. The molecule has 1 aliphatic heterocycles. The molecule has 2 aromatic rings. The standard InChI is InChI=1S/C20H20Cl3N3O2/c21-16-5-1-3-13(7-16)11-26-6-2-4-14(12-26)20(28)25-24-10-15-8-17(22)9-18(23)19(15)27/h1,3,5,7-10,14,27H,2,4,6,11-12H2,(H,25,28). The number of nitrogens with zero attached hydrogens (tertiary/aromatic N) is 2. The highest BCUT2D eigenvalue weighted by molar-refractivity contribution is 6.36. The number of hydrogen-bond donors (Lipinski definition) is 2. The van der Waals surface area contributed by atoms with Crippen LogP contribution in [0.2, 0.25) is 15.1 Å². The van der Waals surface area contributed by atoms with Crippen LogP contribution in [0, 0.1) is 5.92 Å². The fourth-order valence-corrected chi connectivity index (χ4v) is 3.97. The van der Waals surface area contributed by atoms with Crippen LogP contribution in [-0.2, 0) is 11.3 Å². The number of nitrogens with one attached hydrogen (secondary N) is 1. The summed E-state index contributed by atoms with van der Waals surface area (Å²) in [5, 5.41) is 15.1. The number of halogens is 3. The van der Waals surface area contributed by atoms with E-state index < -0.39 is 0 Å². The van der Waals surface area contributed by atoms with E-state index in [4.69, 9.17) is 34.8 Å². The van der Waals surface area contributed by atoms with E-state index in [0.717, 1.165) is 31.5 Å². The van der Waals surface area contributed by atoms with Gasteiger partial charge >= 0.3 is 0 Å². The third-order valence-corrected chi connectivity index (χ3v) is 5.35. The molecule has 1 fully saturated rings. The Morgan fingerprint density at radius 1 is 1.25 bits per heavy atom. The van der Waals surface area contributed by atoms with Gasteiger partial charge in [-0.25, -0.2) is 5.43 Å². The van der Waals surface area contributed by atoms with Gasteiger partial charge in [0.25, 0.3) is 0 Å². The van der Waals surface area contributed by atoms with Crippen LogP contribution >= 0.6 is 34.8 Å². The van der Waals surface area contributed by atoms with Crippen molar-refractivity contribution < 1.29 is 9.90 Å². The van der Waals surface area contributed by atoms with Crippen LogP contribution in [-0.4, -0.2) is 35.2 Å². The van der Waals surface area contributed by atoms with E-state index in [0.29, 0.717) is 22.2 Å². The number of rotatable bonds is 5. The molecule has 0 bridgehead atoms. The third kappa shape index (κ3) is 5.61. The Labute approximate surface area is 178 Å². The van der Waals surface area contributed by atoms with Gasteiger partial charge in [-0.1, -0.05) is 46.9 Å². The van der Waals surface area contributed by atoms with E-state index in [1.54, 1.807) is 0 Å². The molecule has 1 aliphatic rings. The topological polar surface area (TPSA) is 64.9 Å². The fourth-order valence-electron chi connectivity index (χ4n) is 3.25. The van der Waals surface area contributed by atoms with Crippen LogP contribution in [0.5, 0.6) is 5.75 Å². The Morgan fingerprint density at radius 2 is 2.07 bits per heavy atom. The monoisotopic (exact) mass is 439 g/mol. The molecular formula is C20H20Cl3N3O2. The maximum absolute atomic E-state index is 12.5. The molecule has 1 unspecified atom stereocenters. The van der Waals surface area contributed by atoms with Gasteiger partial charge in [0.2, 0.25) is 5.91 Å². The zero-order valence-electron chi connectivity index (χ0n) is 15.0. The van der Waals surface area contributed by atoms with E-state index in [9.17, 15) is 9.90 Å². The molecule has 1 amide bonds. The van der Waals surface area contributed by atoms with Crippen molar-refractivity contribution in [1.82, 2.24) is 10.3 Å². The van der Waals surface area contributed by atoms with Crippen molar-refractivity contribution in [2.24, 2.45) is 11.0 Å². The van der Waals surface area contributed by atoms with Gasteiger partial charge in [-0.2, -0.15) is 5.10 Å². The van der Waals surface area contributed by atoms with Crippen LogP contribution in [0.3, 0.4) is 0 Å². The first-order chi connectivity index (χ1) is 13.4. The van der Waals surface area contributed by atoms with Crippen LogP contribution in [0.25, 0.3) is 0 Å². The molecule has 5 nitrogen and oxygen atoms in total. The molecule has 0 saturated carbocycles. The van der Waals surface area contributed by atoms with Crippen molar-refractivity contribution >= 4 is 46.9 Å². The van der Waals surface area contributed by atoms with E-state index in [2.05, 4.69) is 15.4 Å². The Bertz CT molecular complexity index is 889. The van der Waals surface area contributed by atoms with Gasteiger partial charge in [-0.15, -0.1) is 0 Å². The van der Waals surface area contributed by atoms with E-state index in [1.807, 2.05) is 24.3 Å². The van der Waals surface area contributed by atoms with E-state index in [1.165, 1.54) is 18.3 Å². The lowest BCUT2D eigenvalue weighted by Crippen LogP contribution is -2.41. The minimum absolute atomic E-state index is 0.129. The number of hydrogen-bond acceptors (Lipinski definition) is 4. The molecule has 2 N–H and O–H groups in total. The number of aromatic hydroxyl groups is 1. The van der Waals surface area contributed by atoms with Crippen molar-refractivity contribution in [3.05, 3.63) is 62.6 Å². The third-order valence-electron chi connectivity index (χ3n) is 4.61. The first kappa shape index (κ1) is 20.9. The average Bonchev–Trinajstić information content (AvgIpc) is 2.65. The summed E-state index contributed by atoms with van der Waals surface area (Å²) in [7, 11) is 0. The second kappa shape index (κ2) is 9.61. The number of phenolic OH excluding ortho intramolecular Hbond substituents is 1. The second-order valence-corrected chi connectivity index (χ2v) is 8.04. The quantitative estimate of drug-likeness (QED) is 0.522. The fraction of sp³-hybridized carbons (Fsp3) is 0.300. The van der Waals surface area contributed by atoms with Gasteiger partial charge in [-0.3, -0.25) is 9.69 Å². The number of likely N-dealkylation sites (tertiary alicyclic amines) is 1. The van der Waals surface area contributed by atoms with Crippen molar-refractivity contribution in [1.29, 1.82) is 0 Å². The minimum Gasteiger partial charge on any atom is -0.506 e. The van der Waals surface area contributed by atoms with Gasteiger partial charge in [0.05, 0.1) is 17.2 Å². The molecule has 1 saturated heterocycles. The van der Waals surface area contributed by atoms with Crippen molar-refractivity contribution in [2.45, 2.75) is 19.4 Å². The number of amides is 1. The Morgan fingerprint density at radius 3 is 2.86 bits per heavy atom. The van der Waals surface area contributed by atoms with Gasteiger partial charge in [0.1, 0.15) is 5.75 Å². The predicted molar refractivity (Wildman–Crippen MR) is 113 cm³/mol. The summed E-state index contributed by atoms with van der Waals surface area (Å²) in [6.45, 7) is 2.35. The van der Waals surface area contributed by atoms with Gasteiger partial charge in [-0.05, 0) is 49.2 Å². The van der Waals surface area contributed by atoms with Crippen LogP contribution < -0.4 is 5.43 Å². The summed E-state index contributed by atoms with van der Waals surface area (Å²) in [4.78, 5) is 14.7. The SMILES string of the molecule is O=C(NN=Cc1cc(Cl)cc(Cl)c1O)C1CCCN(Cc2cccc(Cl)c2)C1. The molecule has 0 spiro atoms. The molecule has 3 rings (SSSR count). The summed E-state index contributed by atoms with van der Waals surface area (Å²) >= 11 is 17.8. The highest BCUT2D eigenvalue weighted by atomic mass is 35.5.